The van der Waals surface area contributed by atoms with E-state index in [0.717, 1.165) is 23.7 Å². The molecular weight excluding hydrogens is 835 g/mol. The van der Waals surface area contributed by atoms with Crippen LogP contribution in [0, 0.1) is 31.4 Å². The van der Waals surface area contributed by atoms with Gasteiger partial charge in [0.2, 0.25) is 0 Å². The van der Waals surface area contributed by atoms with Crippen molar-refractivity contribution in [1.29, 1.82) is 0 Å². The van der Waals surface area contributed by atoms with Crippen molar-refractivity contribution in [2.24, 2.45) is 13.0 Å². The second kappa shape index (κ2) is 13.6. The van der Waals surface area contributed by atoms with Crippen LogP contribution in [-0.2, 0) is 23.7 Å². The lowest BCUT2D eigenvalue weighted by molar-refractivity contribution is -0.0592. The molecule has 2 saturated heterocycles. The fraction of sp³-hybridized carbons (Fsp3) is 0.375. The topological polar surface area (TPSA) is 156 Å². The molecule has 12 rings (SSSR count). The van der Waals surface area contributed by atoms with Gasteiger partial charge in [-0.15, -0.1) is 0 Å². The van der Waals surface area contributed by atoms with Crippen LogP contribution in [0.3, 0.4) is 0 Å². The molecule has 332 valence electrons. The number of nitrogens with zero attached hydrogens (tertiary/aromatic N) is 9. The van der Waals surface area contributed by atoms with Gasteiger partial charge in [-0.2, -0.15) is 10.2 Å². The van der Waals surface area contributed by atoms with Gasteiger partial charge in [0.05, 0.1) is 45.8 Å². The maximum Gasteiger partial charge on any atom is 0.438 e. The lowest BCUT2D eigenvalue weighted by atomic mass is 9.77. The highest BCUT2D eigenvalue weighted by molar-refractivity contribution is 6.00. The molecule has 8 aromatic rings. The van der Waals surface area contributed by atoms with Crippen LogP contribution in [0.25, 0.3) is 39.0 Å². The van der Waals surface area contributed by atoms with Crippen LogP contribution < -0.4 is 11.4 Å². The van der Waals surface area contributed by atoms with Crippen LogP contribution in [0.5, 0.6) is 0 Å². The van der Waals surface area contributed by atoms with Crippen molar-refractivity contribution in [3.8, 4) is 17.2 Å². The van der Waals surface area contributed by atoms with Crippen LogP contribution in [0.1, 0.15) is 103 Å². The normalized spacial score (nSPS) is 23.3. The number of ether oxygens (including phenoxy) is 1. The van der Waals surface area contributed by atoms with Gasteiger partial charge in [0.15, 0.2) is 11.6 Å². The molecule has 65 heavy (non-hydrogen) atoms. The Labute approximate surface area is 369 Å². The summed E-state index contributed by atoms with van der Waals surface area (Å²) in [7, 11) is 1.72. The first kappa shape index (κ1) is 39.7. The van der Waals surface area contributed by atoms with Gasteiger partial charge in [0, 0.05) is 55.0 Å². The minimum absolute atomic E-state index is 0.0101. The van der Waals surface area contributed by atoms with Crippen molar-refractivity contribution < 1.29 is 22.8 Å². The molecule has 3 fully saturated rings. The van der Waals surface area contributed by atoms with Crippen molar-refractivity contribution in [2.75, 3.05) is 6.61 Å². The number of aromatic amines is 1. The molecule has 2 aliphatic carbocycles. The van der Waals surface area contributed by atoms with Gasteiger partial charge < -0.3 is 14.2 Å². The van der Waals surface area contributed by atoms with Gasteiger partial charge in [-0.1, -0.05) is 18.1 Å². The van der Waals surface area contributed by atoms with Crippen LogP contribution in [-0.4, -0.2) is 72.5 Å². The number of carbonyl (C=O) groups excluding carboxylic acids is 1. The zero-order valence-electron chi connectivity index (χ0n) is 36.7. The van der Waals surface area contributed by atoms with E-state index in [4.69, 9.17) is 14.4 Å². The first-order valence-electron chi connectivity index (χ1n) is 22.1. The third kappa shape index (κ3) is 5.66. The number of halogens is 2. The summed E-state index contributed by atoms with van der Waals surface area (Å²) in [5.74, 6) is -0.785. The second-order valence-electron chi connectivity index (χ2n) is 19.2. The van der Waals surface area contributed by atoms with E-state index in [1.807, 2.05) is 15.5 Å². The highest BCUT2D eigenvalue weighted by atomic mass is 19.1. The van der Waals surface area contributed by atoms with E-state index in [-0.39, 0.29) is 46.3 Å². The van der Waals surface area contributed by atoms with Gasteiger partial charge in [-0.05, 0) is 124 Å². The maximum absolute atomic E-state index is 16.1. The third-order valence-corrected chi connectivity index (χ3v) is 14.7. The van der Waals surface area contributed by atoms with Crippen LogP contribution in [0.2, 0.25) is 0 Å². The van der Waals surface area contributed by atoms with Crippen LogP contribution in [0.4, 0.5) is 8.78 Å². The molecule has 5 aromatic heterocycles. The van der Waals surface area contributed by atoms with Crippen molar-refractivity contribution >= 4 is 27.7 Å². The Morgan fingerprint density at radius 2 is 1.71 bits per heavy atom. The van der Waals surface area contributed by atoms with Gasteiger partial charge in [0.25, 0.3) is 5.91 Å². The van der Waals surface area contributed by atoms with E-state index in [0.29, 0.717) is 76.8 Å². The van der Waals surface area contributed by atoms with Gasteiger partial charge in [-0.25, -0.2) is 23.1 Å². The number of imidazole rings is 1. The highest BCUT2D eigenvalue weighted by Crippen LogP contribution is 2.57. The molecule has 5 unspecified atom stereocenters. The van der Waals surface area contributed by atoms with Crippen molar-refractivity contribution in [3.63, 3.8) is 0 Å². The zero-order valence-corrected chi connectivity index (χ0v) is 36.7. The molecule has 5 atom stereocenters. The zero-order chi connectivity index (χ0) is 45.0. The average Bonchev–Trinajstić information content (AvgIpc) is 3.90. The number of nitrogens with one attached hydrogen (secondary N) is 1. The molecular formula is C48H46F2N10O5. The van der Waals surface area contributed by atoms with Crippen molar-refractivity contribution in [1.82, 2.24) is 48.3 Å². The predicted molar refractivity (Wildman–Crippen MR) is 235 cm³/mol. The fourth-order valence-electron chi connectivity index (χ4n) is 11.4. The lowest BCUT2D eigenvalue weighted by Crippen LogP contribution is -2.58. The molecule has 1 saturated carbocycles. The Hall–Kier alpha value is -6.88. The first-order valence-corrected chi connectivity index (χ1v) is 22.1. The Morgan fingerprint density at radius 3 is 2.43 bits per heavy atom. The van der Waals surface area contributed by atoms with Gasteiger partial charge in [0.1, 0.15) is 22.9 Å². The maximum atomic E-state index is 16.1. The number of amides is 1. The SMILES string of the molecule is Cc1cc(-n2nc3c(c2-n2ccn(-c4ccc5c(cnn5C)c4F)c2=O)C2CC(C3)N2C(=O)c2cc3cc(C4CCOC(C)(C)C4)ccc3n2C2(c3noc(=O)[nH]3)CC2C)cc(C)c1F. The standard InChI is InChI=1S/C48H46F2N10O5/c1-24-15-31(16-25(2)40(24)49)60-42(57-13-12-56(46(57)63)36-10-9-35-32(41(36)50)23-51-55(35)6)39-33(53-60)19-30-20-37(39)58(30)43(61)38-18-29-17-27(28-11-14-64-47(4,5)22-28)7-8-34(29)59(38)48(21-26(48)3)44-52-45(62)65-54-44/h7-10,12-13,15-18,23,26,28,30,37H,11,14,19-22H2,1-6H3,(H,52,54,62). The Kier molecular flexibility index (Phi) is 8.29. The summed E-state index contributed by atoms with van der Waals surface area (Å²) in [5.41, 5.74) is 4.18. The van der Waals surface area contributed by atoms with E-state index in [1.165, 1.54) is 27.1 Å². The van der Waals surface area contributed by atoms with Crippen LogP contribution >= 0.6 is 0 Å². The number of aromatic nitrogens is 9. The first-order chi connectivity index (χ1) is 31.1. The summed E-state index contributed by atoms with van der Waals surface area (Å²) < 4.78 is 50.3. The molecule has 15 nitrogen and oxygen atoms in total. The molecule has 0 spiro atoms. The third-order valence-electron chi connectivity index (χ3n) is 14.7. The lowest BCUT2D eigenvalue weighted by Gasteiger charge is -2.52. The van der Waals surface area contributed by atoms with E-state index in [2.05, 4.69) is 54.2 Å². The van der Waals surface area contributed by atoms with E-state index in [9.17, 15) is 9.59 Å². The van der Waals surface area contributed by atoms with Crippen molar-refractivity contribution in [3.05, 3.63) is 139 Å². The number of H-pyrrole nitrogens is 1. The fourth-order valence-corrected chi connectivity index (χ4v) is 11.4. The molecule has 7 heterocycles. The summed E-state index contributed by atoms with van der Waals surface area (Å²) in [4.78, 5) is 47.4. The smallest absolute Gasteiger partial charge is 0.376 e. The van der Waals surface area contributed by atoms with Gasteiger partial charge in [-0.3, -0.25) is 28.1 Å². The Morgan fingerprint density at radius 1 is 0.954 bits per heavy atom. The minimum Gasteiger partial charge on any atom is -0.376 e. The molecule has 2 bridgehead atoms. The molecule has 1 amide bonds. The number of carbonyl (C=O) groups is 1. The number of hydrogen-bond donors (Lipinski definition) is 1. The minimum atomic E-state index is -0.842. The summed E-state index contributed by atoms with van der Waals surface area (Å²) >= 11 is 0. The number of rotatable bonds is 7. The summed E-state index contributed by atoms with van der Waals surface area (Å²) in [6.07, 6.45) is 7.91. The molecule has 1 N–H and O–H groups in total. The second-order valence-corrected chi connectivity index (χ2v) is 19.2. The number of fused-ring (bicyclic) bond motifs is 6. The van der Waals surface area contributed by atoms with Crippen molar-refractivity contribution in [2.45, 2.75) is 95.9 Å². The summed E-state index contributed by atoms with van der Waals surface area (Å²) in [5, 5.41) is 14.6. The monoisotopic (exact) mass is 880 g/mol. The van der Waals surface area contributed by atoms with E-state index < -0.39 is 28.8 Å². The Balaban J connectivity index is 1.01. The van der Waals surface area contributed by atoms with E-state index in [1.54, 1.807) is 60.7 Å². The summed E-state index contributed by atoms with van der Waals surface area (Å²) in [6.45, 7) is 10.3. The molecule has 0 radical (unpaired) electrons. The van der Waals surface area contributed by atoms with E-state index >= 15 is 13.6 Å². The predicted octanol–water partition coefficient (Wildman–Crippen LogP) is 7.19. The molecule has 3 aromatic carbocycles. The average molecular weight is 881 g/mol. The summed E-state index contributed by atoms with van der Waals surface area (Å²) in [6, 6.07) is 14.3. The molecule has 17 heteroatoms. The van der Waals surface area contributed by atoms with Gasteiger partial charge >= 0.3 is 11.4 Å². The van der Waals surface area contributed by atoms with Crippen LogP contribution in [0.15, 0.2) is 81.2 Å². The largest absolute Gasteiger partial charge is 0.438 e. The number of benzene rings is 3. The number of hydrogen-bond acceptors (Lipinski definition) is 8. The highest BCUT2D eigenvalue weighted by Gasteiger charge is 2.60. The quantitative estimate of drug-likeness (QED) is 0.176. The number of likely N-dealkylation sites (tertiary alicyclic amines) is 1. The molecule has 2 aliphatic heterocycles. The Bertz CT molecular complexity index is 3430. The number of aryl methyl sites for hydroxylation is 3. The molecule has 4 aliphatic rings.